The Bertz CT molecular complexity index is 588. The molecule has 0 spiro atoms. The van der Waals surface area contributed by atoms with E-state index in [4.69, 9.17) is 0 Å². The number of carbonyl (C=O) groups excluding carboxylic acids is 1. The molecule has 1 N–H and O–H groups in total. The van der Waals surface area contributed by atoms with Crippen molar-refractivity contribution in [3.8, 4) is 5.69 Å². The van der Waals surface area contributed by atoms with Crippen LogP contribution in [-0.2, 0) is 4.79 Å². The van der Waals surface area contributed by atoms with E-state index in [1.807, 2.05) is 43.3 Å². The predicted octanol–water partition coefficient (Wildman–Crippen LogP) is 2.46. The van der Waals surface area contributed by atoms with E-state index in [9.17, 15) is 4.79 Å². The summed E-state index contributed by atoms with van der Waals surface area (Å²) in [5, 5.41) is 7.39. The average molecular weight is 286 g/mol. The maximum Gasteiger partial charge on any atom is 0.239 e. The molecule has 0 radical (unpaired) electrons. The number of hydrogen-bond acceptors (Lipinski definition) is 3. The van der Waals surface area contributed by atoms with Crippen LogP contribution in [0.2, 0.25) is 0 Å². The second kappa shape index (κ2) is 7.04. The standard InChI is InChI=1S/C16H22N4O/c1-4-19(5-2)12-16(21)17-15-11-13(3)18-20(15)14-9-7-6-8-10-14/h6-11H,4-5,12H2,1-3H3,(H,17,21). The third-order valence-corrected chi connectivity index (χ3v) is 3.36. The van der Waals surface area contributed by atoms with Gasteiger partial charge in [-0.05, 0) is 32.1 Å². The number of hydrogen-bond donors (Lipinski definition) is 1. The summed E-state index contributed by atoms with van der Waals surface area (Å²) < 4.78 is 1.76. The Labute approximate surface area is 125 Å². The lowest BCUT2D eigenvalue weighted by atomic mass is 10.3. The average Bonchev–Trinajstić information content (AvgIpc) is 2.86. The summed E-state index contributed by atoms with van der Waals surface area (Å²) in [5.74, 6) is 0.687. The van der Waals surface area contributed by atoms with Gasteiger partial charge in [-0.1, -0.05) is 32.0 Å². The van der Waals surface area contributed by atoms with Gasteiger partial charge in [-0.2, -0.15) is 5.10 Å². The van der Waals surface area contributed by atoms with Crippen molar-refractivity contribution in [3.05, 3.63) is 42.1 Å². The van der Waals surface area contributed by atoms with Crippen molar-refractivity contribution in [2.45, 2.75) is 20.8 Å². The van der Waals surface area contributed by atoms with E-state index in [1.54, 1.807) is 4.68 Å². The van der Waals surface area contributed by atoms with Gasteiger partial charge < -0.3 is 5.32 Å². The zero-order chi connectivity index (χ0) is 15.2. The first kappa shape index (κ1) is 15.3. The number of aryl methyl sites for hydroxylation is 1. The minimum absolute atomic E-state index is 0.0178. The summed E-state index contributed by atoms with van der Waals surface area (Å²) >= 11 is 0. The van der Waals surface area contributed by atoms with Crippen molar-refractivity contribution in [1.29, 1.82) is 0 Å². The molecule has 0 aliphatic carbocycles. The topological polar surface area (TPSA) is 50.2 Å². The maximum absolute atomic E-state index is 12.1. The molecule has 1 aromatic carbocycles. The van der Waals surface area contributed by atoms with Gasteiger partial charge in [0.1, 0.15) is 5.82 Å². The predicted molar refractivity (Wildman–Crippen MR) is 84.7 cm³/mol. The highest BCUT2D eigenvalue weighted by atomic mass is 16.2. The van der Waals surface area contributed by atoms with Gasteiger partial charge in [0.2, 0.25) is 5.91 Å². The number of anilines is 1. The summed E-state index contributed by atoms with van der Waals surface area (Å²) in [7, 11) is 0. The third kappa shape index (κ3) is 3.92. The SMILES string of the molecule is CCN(CC)CC(=O)Nc1cc(C)nn1-c1ccccc1. The summed E-state index contributed by atoms with van der Waals surface area (Å²) in [6, 6.07) is 11.7. The quantitative estimate of drug-likeness (QED) is 0.887. The largest absolute Gasteiger partial charge is 0.309 e. The van der Waals surface area contributed by atoms with E-state index in [2.05, 4.69) is 29.2 Å². The molecule has 0 aliphatic heterocycles. The van der Waals surface area contributed by atoms with Crippen LogP contribution in [0, 0.1) is 6.92 Å². The third-order valence-electron chi connectivity index (χ3n) is 3.36. The van der Waals surface area contributed by atoms with E-state index in [0.717, 1.165) is 24.5 Å². The van der Waals surface area contributed by atoms with Crippen LogP contribution < -0.4 is 5.32 Å². The van der Waals surface area contributed by atoms with Crippen molar-refractivity contribution < 1.29 is 4.79 Å². The van der Waals surface area contributed by atoms with Gasteiger partial charge in [0.15, 0.2) is 0 Å². The Morgan fingerprint density at radius 3 is 2.52 bits per heavy atom. The molecule has 0 saturated carbocycles. The van der Waals surface area contributed by atoms with Crippen LogP contribution in [0.1, 0.15) is 19.5 Å². The minimum Gasteiger partial charge on any atom is -0.309 e. The van der Waals surface area contributed by atoms with E-state index in [0.29, 0.717) is 12.4 Å². The highest BCUT2D eigenvalue weighted by Crippen LogP contribution is 2.16. The van der Waals surface area contributed by atoms with Crippen molar-refractivity contribution in [1.82, 2.24) is 14.7 Å². The molecule has 1 heterocycles. The smallest absolute Gasteiger partial charge is 0.239 e. The Hall–Kier alpha value is -2.14. The molecule has 2 aromatic rings. The summed E-state index contributed by atoms with van der Waals surface area (Å²) in [6.45, 7) is 8.14. The van der Waals surface area contributed by atoms with Crippen molar-refractivity contribution in [3.63, 3.8) is 0 Å². The molecule has 5 nitrogen and oxygen atoms in total. The van der Waals surface area contributed by atoms with E-state index in [-0.39, 0.29) is 5.91 Å². The first-order valence-corrected chi connectivity index (χ1v) is 7.28. The van der Waals surface area contributed by atoms with Crippen LogP contribution in [-0.4, -0.2) is 40.2 Å². The number of benzene rings is 1. The zero-order valence-electron chi connectivity index (χ0n) is 12.8. The summed E-state index contributed by atoms with van der Waals surface area (Å²) in [6.07, 6.45) is 0. The van der Waals surface area contributed by atoms with E-state index < -0.39 is 0 Å². The Morgan fingerprint density at radius 2 is 1.90 bits per heavy atom. The molecule has 1 amide bonds. The number of nitrogens with zero attached hydrogens (tertiary/aromatic N) is 3. The van der Waals surface area contributed by atoms with Crippen molar-refractivity contribution in [2.75, 3.05) is 25.0 Å². The fraction of sp³-hybridized carbons (Fsp3) is 0.375. The van der Waals surface area contributed by atoms with Gasteiger partial charge in [-0.15, -0.1) is 0 Å². The second-order valence-corrected chi connectivity index (χ2v) is 4.93. The van der Waals surface area contributed by atoms with Gasteiger partial charge in [0, 0.05) is 6.07 Å². The lowest BCUT2D eigenvalue weighted by molar-refractivity contribution is -0.117. The molecule has 21 heavy (non-hydrogen) atoms. The molecule has 0 unspecified atom stereocenters. The van der Waals surface area contributed by atoms with Gasteiger partial charge >= 0.3 is 0 Å². The number of aromatic nitrogens is 2. The van der Waals surface area contributed by atoms with Crippen LogP contribution >= 0.6 is 0 Å². The Morgan fingerprint density at radius 1 is 1.24 bits per heavy atom. The van der Waals surface area contributed by atoms with Gasteiger partial charge in [-0.25, -0.2) is 4.68 Å². The van der Waals surface area contributed by atoms with Crippen LogP contribution in [0.15, 0.2) is 36.4 Å². The molecule has 0 atom stereocenters. The number of rotatable bonds is 6. The second-order valence-electron chi connectivity index (χ2n) is 4.93. The van der Waals surface area contributed by atoms with Gasteiger partial charge in [0.25, 0.3) is 0 Å². The Kier molecular flexibility index (Phi) is 5.11. The highest BCUT2D eigenvalue weighted by molar-refractivity contribution is 5.91. The zero-order valence-corrected chi connectivity index (χ0v) is 12.8. The van der Waals surface area contributed by atoms with Crippen LogP contribution in [0.3, 0.4) is 0 Å². The van der Waals surface area contributed by atoms with Gasteiger partial charge in [0.05, 0.1) is 17.9 Å². The number of para-hydroxylation sites is 1. The fourth-order valence-corrected chi connectivity index (χ4v) is 2.19. The molecule has 112 valence electrons. The summed E-state index contributed by atoms with van der Waals surface area (Å²) in [4.78, 5) is 14.2. The van der Waals surface area contributed by atoms with Gasteiger partial charge in [-0.3, -0.25) is 9.69 Å². The molecule has 0 fully saturated rings. The van der Waals surface area contributed by atoms with Crippen molar-refractivity contribution in [2.24, 2.45) is 0 Å². The lowest BCUT2D eigenvalue weighted by Gasteiger charge is -2.17. The minimum atomic E-state index is -0.0178. The normalized spacial score (nSPS) is 10.9. The monoisotopic (exact) mass is 286 g/mol. The lowest BCUT2D eigenvalue weighted by Crippen LogP contribution is -2.33. The van der Waals surface area contributed by atoms with Crippen LogP contribution in [0.5, 0.6) is 0 Å². The van der Waals surface area contributed by atoms with E-state index in [1.165, 1.54) is 0 Å². The van der Waals surface area contributed by atoms with E-state index >= 15 is 0 Å². The molecule has 0 bridgehead atoms. The molecule has 2 rings (SSSR count). The number of carbonyl (C=O) groups is 1. The molecule has 0 aliphatic rings. The molecule has 1 aromatic heterocycles. The molecular weight excluding hydrogens is 264 g/mol. The first-order chi connectivity index (χ1) is 10.1. The van der Waals surface area contributed by atoms with Crippen LogP contribution in [0.25, 0.3) is 5.69 Å². The highest BCUT2D eigenvalue weighted by Gasteiger charge is 2.12. The number of nitrogens with one attached hydrogen (secondary N) is 1. The Balaban J connectivity index is 2.16. The van der Waals surface area contributed by atoms with Crippen molar-refractivity contribution >= 4 is 11.7 Å². The molecular formula is C16H22N4O. The number of likely N-dealkylation sites (N-methyl/N-ethyl adjacent to an activating group) is 1. The summed E-state index contributed by atoms with van der Waals surface area (Å²) in [5.41, 5.74) is 1.81. The molecule has 0 saturated heterocycles. The fourth-order valence-electron chi connectivity index (χ4n) is 2.19. The van der Waals surface area contributed by atoms with Crippen LogP contribution in [0.4, 0.5) is 5.82 Å². The number of amides is 1. The molecule has 5 heteroatoms. The maximum atomic E-state index is 12.1. The first-order valence-electron chi connectivity index (χ1n) is 7.28.